The third-order valence-electron chi connectivity index (χ3n) is 3.73. The molecule has 0 saturated carbocycles. The van der Waals surface area contributed by atoms with Gasteiger partial charge in [-0.15, -0.1) is 0 Å². The summed E-state index contributed by atoms with van der Waals surface area (Å²) in [6, 6.07) is 7.01. The number of nitrogens with zero attached hydrogens (tertiary/aromatic N) is 3. The van der Waals surface area contributed by atoms with Gasteiger partial charge in [-0.2, -0.15) is 4.57 Å². The predicted octanol–water partition coefficient (Wildman–Crippen LogP) is 1.06. The van der Waals surface area contributed by atoms with Crippen LogP contribution in [0.5, 0.6) is 0 Å². The Bertz CT molecular complexity index is 877. The van der Waals surface area contributed by atoms with Gasteiger partial charge in [0.25, 0.3) is 5.82 Å². The van der Waals surface area contributed by atoms with Gasteiger partial charge >= 0.3 is 23.7 Å². The topological polar surface area (TPSA) is 143 Å². The molecule has 0 unspecified atom stereocenters. The van der Waals surface area contributed by atoms with Gasteiger partial charge in [0.2, 0.25) is 6.04 Å². The van der Waals surface area contributed by atoms with Crippen LogP contribution in [0.1, 0.15) is 30.0 Å². The fraction of sp³-hybridized carbons (Fsp3) is 0.333. The molecule has 0 bridgehead atoms. The number of rotatable bonds is 9. The fourth-order valence-electron chi connectivity index (χ4n) is 2.48. The number of hydrogen-bond acceptors (Lipinski definition) is 8. The van der Waals surface area contributed by atoms with Crippen molar-refractivity contribution < 1.29 is 28.8 Å². The van der Waals surface area contributed by atoms with E-state index in [1.165, 1.54) is 13.8 Å². The molecule has 0 aliphatic rings. The minimum absolute atomic E-state index is 0.0105. The number of benzene rings is 1. The molecule has 1 aromatic heterocycles. The number of ether oxygens (including phenoxy) is 2. The van der Waals surface area contributed by atoms with Crippen LogP contribution >= 0.6 is 0 Å². The maximum atomic E-state index is 12.7. The van der Waals surface area contributed by atoms with Crippen LogP contribution in [0.25, 0.3) is 0 Å². The van der Waals surface area contributed by atoms with E-state index in [1.54, 1.807) is 30.3 Å². The SMILES string of the molecule is CCOC(=O)C(NC(=O)c1ncc([N+](=O)[O-])n1Cc1ccccc1)C(=O)OCC. The highest BCUT2D eigenvalue weighted by Gasteiger charge is 2.35. The number of carbonyl (C=O) groups is 3. The lowest BCUT2D eigenvalue weighted by Crippen LogP contribution is -2.48. The number of esters is 2. The van der Waals surface area contributed by atoms with Crippen LogP contribution in [0.2, 0.25) is 0 Å². The zero-order valence-electron chi connectivity index (χ0n) is 15.9. The smallest absolute Gasteiger partial charge is 0.343 e. The van der Waals surface area contributed by atoms with Crippen LogP contribution in [0.3, 0.4) is 0 Å². The first-order chi connectivity index (χ1) is 13.9. The first-order valence-corrected chi connectivity index (χ1v) is 8.77. The second kappa shape index (κ2) is 9.97. The number of aromatic nitrogens is 2. The van der Waals surface area contributed by atoms with Crippen LogP contribution in [0, 0.1) is 10.1 Å². The van der Waals surface area contributed by atoms with Crippen molar-refractivity contribution in [1.82, 2.24) is 14.9 Å². The Morgan fingerprint density at radius 3 is 2.24 bits per heavy atom. The van der Waals surface area contributed by atoms with Crippen LogP contribution in [-0.4, -0.2) is 51.6 Å². The average Bonchev–Trinajstić information content (AvgIpc) is 3.11. The molecule has 0 aliphatic heterocycles. The molecule has 1 amide bonds. The van der Waals surface area contributed by atoms with Crippen molar-refractivity contribution in [3.63, 3.8) is 0 Å². The highest BCUT2D eigenvalue weighted by atomic mass is 16.6. The molecule has 154 valence electrons. The van der Waals surface area contributed by atoms with Crippen LogP contribution in [0.4, 0.5) is 5.82 Å². The molecule has 0 fully saturated rings. The Kier molecular flexibility index (Phi) is 7.40. The molecular formula is C18H20N4O7. The summed E-state index contributed by atoms with van der Waals surface area (Å²) in [5, 5.41) is 13.5. The van der Waals surface area contributed by atoms with Crippen molar-refractivity contribution in [3.8, 4) is 0 Å². The van der Waals surface area contributed by atoms with E-state index in [9.17, 15) is 24.5 Å². The molecule has 2 aromatic rings. The number of hydrogen-bond donors (Lipinski definition) is 1. The van der Waals surface area contributed by atoms with E-state index in [1.807, 2.05) is 0 Å². The van der Waals surface area contributed by atoms with E-state index < -0.39 is 34.6 Å². The number of carbonyl (C=O) groups excluding carboxylic acids is 3. The summed E-state index contributed by atoms with van der Waals surface area (Å²) in [7, 11) is 0. The third-order valence-corrected chi connectivity index (χ3v) is 3.73. The summed E-state index contributed by atoms with van der Waals surface area (Å²) in [4.78, 5) is 51.2. The molecule has 2 rings (SSSR count). The van der Waals surface area contributed by atoms with Gasteiger partial charge in [-0.25, -0.2) is 14.6 Å². The van der Waals surface area contributed by atoms with Gasteiger partial charge in [0.1, 0.15) is 12.7 Å². The monoisotopic (exact) mass is 404 g/mol. The van der Waals surface area contributed by atoms with Crippen molar-refractivity contribution in [2.75, 3.05) is 13.2 Å². The van der Waals surface area contributed by atoms with E-state index in [4.69, 9.17) is 9.47 Å². The van der Waals surface area contributed by atoms with Crippen LogP contribution < -0.4 is 5.32 Å². The van der Waals surface area contributed by atoms with E-state index in [0.29, 0.717) is 5.56 Å². The largest absolute Gasteiger partial charge is 0.464 e. The Balaban J connectivity index is 2.34. The minimum Gasteiger partial charge on any atom is -0.464 e. The van der Waals surface area contributed by atoms with Crippen molar-refractivity contribution in [2.45, 2.75) is 26.4 Å². The van der Waals surface area contributed by atoms with Crippen LogP contribution in [0.15, 0.2) is 36.5 Å². The third kappa shape index (κ3) is 5.37. The van der Waals surface area contributed by atoms with Crippen LogP contribution in [-0.2, 0) is 25.6 Å². The molecule has 0 aliphatic carbocycles. The molecule has 0 saturated heterocycles. The molecule has 0 radical (unpaired) electrons. The summed E-state index contributed by atoms with van der Waals surface area (Å²) >= 11 is 0. The normalized spacial score (nSPS) is 10.4. The van der Waals surface area contributed by atoms with Gasteiger partial charge in [0, 0.05) is 0 Å². The van der Waals surface area contributed by atoms with Gasteiger partial charge in [0.15, 0.2) is 0 Å². The molecular weight excluding hydrogens is 384 g/mol. The van der Waals surface area contributed by atoms with Gasteiger partial charge in [-0.3, -0.25) is 4.79 Å². The summed E-state index contributed by atoms with van der Waals surface area (Å²) in [6.07, 6.45) is 0.932. The Morgan fingerprint density at radius 2 is 1.72 bits per heavy atom. The molecule has 11 nitrogen and oxygen atoms in total. The Hall–Kier alpha value is -3.76. The second-order valence-electron chi connectivity index (χ2n) is 5.68. The maximum Gasteiger partial charge on any atom is 0.343 e. The van der Waals surface area contributed by atoms with Gasteiger partial charge in [-0.05, 0) is 24.3 Å². The molecule has 1 N–H and O–H groups in total. The average molecular weight is 404 g/mol. The molecule has 1 aromatic carbocycles. The second-order valence-corrected chi connectivity index (χ2v) is 5.68. The van der Waals surface area contributed by atoms with Gasteiger partial charge in [-0.1, -0.05) is 30.3 Å². The Labute approximate surface area is 165 Å². The van der Waals surface area contributed by atoms with Crippen molar-refractivity contribution >= 4 is 23.7 Å². The number of nitro groups is 1. The fourth-order valence-corrected chi connectivity index (χ4v) is 2.48. The number of nitrogens with one attached hydrogen (secondary N) is 1. The quantitative estimate of drug-likeness (QED) is 0.283. The highest BCUT2D eigenvalue weighted by Crippen LogP contribution is 2.17. The zero-order chi connectivity index (χ0) is 21.4. The first kappa shape index (κ1) is 21.5. The Morgan fingerprint density at radius 1 is 1.14 bits per heavy atom. The number of imidazole rings is 1. The van der Waals surface area contributed by atoms with E-state index in [0.717, 1.165) is 10.8 Å². The van der Waals surface area contributed by atoms with Crippen molar-refractivity contribution in [3.05, 3.63) is 58.0 Å². The summed E-state index contributed by atoms with van der Waals surface area (Å²) in [5.74, 6) is -3.72. The molecule has 0 spiro atoms. The molecule has 0 atom stereocenters. The summed E-state index contributed by atoms with van der Waals surface area (Å²) in [6.45, 7) is 3.04. The zero-order valence-corrected chi connectivity index (χ0v) is 15.9. The van der Waals surface area contributed by atoms with Gasteiger partial charge in [0.05, 0.1) is 13.2 Å². The van der Waals surface area contributed by atoms with E-state index in [-0.39, 0.29) is 25.6 Å². The summed E-state index contributed by atoms with van der Waals surface area (Å²) < 4.78 is 10.7. The van der Waals surface area contributed by atoms with Gasteiger partial charge < -0.3 is 24.9 Å². The summed E-state index contributed by atoms with van der Waals surface area (Å²) in [5.41, 5.74) is 0.690. The lowest BCUT2D eigenvalue weighted by molar-refractivity contribution is -0.392. The molecule has 1 heterocycles. The number of amides is 1. The molecule has 29 heavy (non-hydrogen) atoms. The van der Waals surface area contributed by atoms with Crippen molar-refractivity contribution in [1.29, 1.82) is 0 Å². The highest BCUT2D eigenvalue weighted by molar-refractivity contribution is 6.04. The lowest BCUT2D eigenvalue weighted by atomic mass is 10.2. The lowest BCUT2D eigenvalue weighted by Gasteiger charge is -2.15. The van der Waals surface area contributed by atoms with E-state index in [2.05, 4.69) is 10.3 Å². The predicted molar refractivity (Wildman–Crippen MR) is 98.9 cm³/mol. The molecule has 11 heteroatoms. The maximum absolute atomic E-state index is 12.7. The first-order valence-electron chi connectivity index (χ1n) is 8.77. The standard InChI is InChI=1S/C18H20N4O7/c1-3-28-17(24)14(18(25)29-4-2)20-16(23)15-19-10-13(22(26)27)21(15)11-12-8-6-5-7-9-12/h5-10,14H,3-4,11H2,1-2H3,(H,20,23). The minimum atomic E-state index is -1.72. The van der Waals surface area contributed by atoms with Crippen molar-refractivity contribution in [2.24, 2.45) is 0 Å². The van der Waals surface area contributed by atoms with E-state index >= 15 is 0 Å².